The summed E-state index contributed by atoms with van der Waals surface area (Å²) >= 11 is 1.78. The van der Waals surface area contributed by atoms with E-state index in [2.05, 4.69) is 242 Å². The Morgan fingerprint density at radius 1 is 0.491 bits per heavy atom. The van der Waals surface area contributed by atoms with Crippen molar-refractivity contribution in [3.63, 3.8) is 0 Å². The smallest absolute Gasteiger partial charge is 0.198 e. The number of nitrogens with zero attached hydrogens (tertiary/aromatic N) is 17. The van der Waals surface area contributed by atoms with Crippen LogP contribution in [0.25, 0.3) is 0 Å². The molecule has 23 heteroatoms. The van der Waals surface area contributed by atoms with E-state index in [0.717, 1.165) is 64.1 Å². The second-order valence-electron chi connectivity index (χ2n) is 31.6. The number of aromatic nitrogens is 16. The van der Waals surface area contributed by atoms with Gasteiger partial charge in [0, 0.05) is 93.5 Å². The zero-order valence-electron chi connectivity index (χ0n) is 69.9. The van der Waals surface area contributed by atoms with Crippen molar-refractivity contribution in [3.8, 4) is 0 Å². The van der Waals surface area contributed by atoms with Gasteiger partial charge in [0.1, 0.15) is 5.76 Å². The first-order valence-electron chi connectivity index (χ1n) is 39.5. The fourth-order valence-electron chi connectivity index (χ4n) is 11.4. The van der Waals surface area contributed by atoms with Crippen LogP contribution in [0, 0.1) is 13.8 Å². The Labute approximate surface area is 642 Å². The van der Waals surface area contributed by atoms with Gasteiger partial charge in [0.25, 0.3) is 0 Å². The fraction of sp³-hybridized carbons (Fsp3) is 0.675. The average molecular weight is 1490 g/mol. The maximum atomic E-state index is 8.88. The molecule has 592 valence electrons. The molecule has 0 spiro atoms. The molecular weight excluding hydrogens is 1350 g/mol. The van der Waals surface area contributed by atoms with Gasteiger partial charge in [-0.05, 0) is 167 Å². The molecule has 0 amide bonds. The summed E-state index contributed by atoms with van der Waals surface area (Å²) in [5.74, 6) is 6.81. The van der Waals surface area contributed by atoms with Gasteiger partial charge < -0.3 is 28.6 Å². The Kier molecular flexibility index (Phi) is 39.3. The number of piperidine rings is 1. The summed E-state index contributed by atoms with van der Waals surface area (Å²) in [7, 11) is 6.21. The van der Waals surface area contributed by atoms with Crippen LogP contribution >= 0.6 is 11.3 Å². The number of thiazole rings is 1. The molecule has 0 aromatic carbocycles. The highest BCUT2D eigenvalue weighted by molar-refractivity contribution is 7.11. The monoisotopic (exact) mass is 1490 g/mol. The number of aliphatic hydroxyl groups excluding tert-OH is 1. The molecule has 0 radical (unpaired) electrons. The van der Waals surface area contributed by atoms with E-state index >= 15 is 0 Å². The van der Waals surface area contributed by atoms with E-state index in [0.29, 0.717) is 77.6 Å². The minimum absolute atomic E-state index is 0.0810. The Hall–Kier alpha value is -6.89. The van der Waals surface area contributed by atoms with Crippen LogP contribution in [0.4, 0.5) is 0 Å². The lowest BCUT2D eigenvalue weighted by molar-refractivity contribution is -0.753. The van der Waals surface area contributed by atoms with Crippen LogP contribution in [0.1, 0.15) is 315 Å². The number of hydrogen-bond acceptors (Lipinski definition) is 15. The third kappa shape index (κ3) is 31.7. The van der Waals surface area contributed by atoms with Gasteiger partial charge in [-0.25, -0.2) is 9.97 Å². The van der Waals surface area contributed by atoms with Crippen molar-refractivity contribution in [2.75, 3.05) is 53.2 Å². The van der Waals surface area contributed by atoms with Crippen LogP contribution in [0.3, 0.4) is 0 Å². The Morgan fingerprint density at radius 3 is 1.28 bits per heavy atom. The summed E-state index contributed by atoms with van der Waals surface area (Å²) in [6, 6.07) is 1.17. The minimum atomic E-state index is 0.0810. The van der Waals surface area contributed by atoms with Crippen molar-refractivity contribution in [1.82, 2.24) is 78.2 Å². The third-order valence-electron chi connectivity index (χ3n) is 19.2. The average Bonchev–Trinajstić information content (AvgIpc) is 1.72. The van der Waals surface area contributed by atoms with Gasteiger partial charge in [-0.15, -0.1) is 16.0 Å². The number of likely N-dealkylation sites (tertiary alicyclic amines) is 1. The minimum Gasteiger partial charge on any atom is -0.446 e. The van der Waals surface area contributed by atoms with Crippen molar-refractivity contribution in [2.24, 2.45) is 14.1 Å². The Morgan fingerprint density at radius 2 is 0.962 bits per heavy atom. The summed E-state index contributed by atoms with van der Waals surface area (Å²) in [4.78, 5) is 11.9. The van der Waals surface area contributed by atoms with Gasteiger partial charge in [-0.3, -0.25) is 28.1 Å². The maximum Gasteiger partial charge on any atom is 0.198 e. The fourth-order valence-corrected chi connectivity index (χ4v) is 12.2. The lowest BCUT2D eigenvalue weighted by atomic mass is 10.1. The number of aryl methyl sites for hydroxylation is 5. The molecule has 0 aliphatic carbocycles. The van der Waals surface area contributed by atoms with Gasteiger partial charge in [0.05, 0.1) is 118 Å². The predicted octanol–water partition coefficient (Wildman–Crippen LogP) is 17.9. The lowest BCUT2D eigenvalue weighted by Gasteiger charge is -2.29. The molecule has 4 aliphatic heterocycles. The van der Waals surface area contributed by atoms with Crippen molar-refractivity contribution >= 4 is 11.3 Å². The Balaban J connectivity index is 0.000000215. The van der Waals surface area contributed by atoms with Crippen molar-refractivity contribution in [3.05, 3.63) is 160 Å². The topological polar surface area (TPSA) is 206 Å². The number of hydrogen-bond donors (Lipinski definition) is 1. The summed E-state index contributed by atoms with van der Waals surface area (Å²) in [5.41, 5.74) is 9.22. The molecular formula is C83H140N17O5S+. The van der Waals surface area contributed by atoms with Crippen molar-refractivity contribution in [2.45, 2.75) is 300 Å². The molecule has 4 fully saturated rings. The molecule has 4 saturated heterocycles. The summed E-state index contributed by atoms with van der Waals surface area (Å²) in [6.45, 7) is 56.0. The van der Waals surface area contributed by atoms with Crippen molar-refractivity contribution < 1.29 is 28.4 Å². The summed E-state index contributed by atoms with van der Waals surface area (Å²) in [5, 5.41) is 35.8. The van der Waals surface area contributed by atoms with Crippen LogP contribution in [0.5, 0.6) is 0 Å². The highest BCUT2D eigenvalue weighted by Gasteiger charge is 2.22. The van der Waals surface area contributed by atoms with E-state index in [1.165, 1.54) is 100 Å². The van der Waals surface area contributed by atoms with E-state index in [1.807, 2.05) is 102 Å². The molecule has 22 nitrogen and oxygen atoms in total. The molecule has 1 N–H and O–H groups in total. The Bertz CT molecular complexity index is 3560. The molecule has 13 heterocycles. The van der Waals surface area contributed by atoms with Crippen molar-refractivity contribution in [1.29, 1.82) is 0 Å². The van der Waals surface area contributed by atoms with E-state index in [4.69, 9.17) is 23.7 Å². The van der Waals surface area contributed by atoms with Crippen LogP contribution in [-0.2, 0) is 47.9 Å². The molecule has 4 aliphatic rings. The second kappa shape index (κ2) is 46.5. The zero-order valence-corrected chi connectivity index (χ0v) is 70.7. The standard InChI is InChI=1S/C12H21N3.2C11H18N2O.C10H16N2O.C9H16N2O.C9H17N2.C7H12N2.C7H11NO.C7H11NS/c1-10(2)11-8-13-15(9-11)12-4-6-14(3)7-5-12;2*1-9(2)10-6-12-13(7-10)8-11-4-3-5-14-11;1-8(2)9-5-11-12(6-9)10-3-4-13-7-10;1-7(2)9-4-10-11(5-9)8(3)6-12;1-5-11-7-9(8(2)3)6-10(11)4;1-6(2)7-4-8-9(3)5-7;2*1-5(2)7-4-8-6(3)9-7/h8-10,12H,4-7H2,1-3H3;2*6-7,9,11H,3-5,8H2,1-2H3;5-6,8,10H,3-4,7H2,1-2H3;4-5,7-8,12H,6H2,1-3H3;6-8H,5H2,1-4H3;4-6H,1-3H3;2*4-5H,1-3H3/q;;;;;+1;;;/t;11-;;;8-;;;;/m.0..0..../s1. The molecule has 0 bridgehead atoms. The first-order valence-corrected chi connectivity index (χ1v) is 40.3. The first-order chi connectivity index (χ1) is 50.3. The summed E-state index contributed by atoms with van der Waals surface area (Å²) in [6.07, 6.45) is 41.5. The maximum absolute atomic E-state index is 8.88. The van der Waals surface area contributed by atoms with Crippen LogP contribution in [0.15, 0.2) is 104 Å². The van der Waals surface area contributed by atoms with Crippen LogP contribution in [0.2, 0.25) is 0 Å². The normalized spacial score (nSPS) is 16.9. The summed E-state index contributed by atoms with van der Waals surface area (Å²) < 4.78 is 37.9. The number of aliphatic hydroxyl groups is 1. The van der Waals surface area contributed by atoms with Gasteiger partial charge >= 0.3 is 0 Å². The zero-order chi connectivity index (χ0) is 78.2. The number of ether oxygens (including phenoxy) is 3. The van der Waals surface area contributed by atoms with E-state index < -0.39 is 0 Å². The molecule has 106 heavy (non-hydrogen) atoms. The highest BCUT2D eigenvalue weighted by Crippen LogP contribution is 2.26. The van der Waals surface area contributed by atoms with Gasteiger partial charge in [0.15, 0.2) is 19.1 Å². The lowest BCUT2D eigenvalue weighted by Crippen LogP contribution is -2.37. The largest absolute Gasteiger partial charge is 0.446 e. The first kappa shape index (κ1) is 89.7. The molecule has 13 rings (SSSR count). The van der Waals surface area contributed by atoms with E-state index in [9.17, 15) is 0 Å². The van der Waals surface area contributed by atoms with Gasteiger partial charge in [-0.2, -0.15) is 35.3 Å². The molecule has 4 atom stereocenters. The van der Waals surface area contributed by atoms with Gasteiger partial charge in [0.2, 0.25) is 0 Å². The SMILES string of the molecule is CC(C)c1cnn(C)c1.CC(C)c1cnn(C2CCN(C)CC2)c1.CC(C)c1cnn(C2CCOC2)c1.CC(C)c1cnn(CC2CCCO2)c1.CC(C)c1cnn(C[C@@H]2CCCO2)c1.CC(C)c1cnn([C@@H](C)CO)c1.CCn1cc(C(C)C)c[n+]1C.Cc1ncc(C(C)C)o1.Cc1ncc(C(C)C)s1. The molecule has 9 aromatic rings. The molecule has 2 unspecified atom stereocenters. The number of oxazole rings is 1. The number of rotatable bonds is 18. The van der Waals surface area contributed by atoms with E-state index in [1.54, 1.807) is 22.2 Å². The quantitative estimate of drug-likeness (QED) is 0.0794. The van der Waals surface area contributed by atoms with Crippen LogP contribution < -0.4 is 4.68 Å². The van der Waals surface area contributed by atoms with E-state index in [-0.39, 0.29) is 12.6 Å². The molecule has 0 saturated carbocycles. The van der Waals surface area contributed by atoms with Gasteiger partial charge in [-0.1, -0.05) is 125 Å². The second-order valence-corrected chi connectivity index (χ2v) is 32.9. The van der Waals surface area contributed by atoms with Crippen LogP contribution in [-0.4, -0.2) is 149 Å². The highest BCUT2D eigenvalue weighted by atomic mass is 32.1. The predicted molar refractivity (Wildman–Crippen MR) is 431 cm³/mol. The molecule has 9 aromatic heterocycles. The third-order valence-corrected chi connectivity index (χ3v) is 20.4.